The fraction of sp³-hybridized carbons (Fsp3) is 0.455. The molecule has 0 aliphatic carbocycles. The molecule has 2 N–H and O–H groups in total. The lowest BCUT2D eigenvalue weighted by Crippen LogP contribution is -2.39. The summed E-state index contributed by atoms with van der Waals surface area (Å²) in [6, 6.07) is 1.74. The van der Waals surface area contributed by atoms with Crippen molar-refractivity contribution in [1.29, 1.82) is 0 Å². The van der Waals surface area contributed by atoms with E-state index >= 15 is 0 Å². The van der Waals surface area contributed by atoms with Crippen LogP contribution in [0.2, 0.25) is 0 Å². The number of rotatable bonds is 5. The van der Waals surface area contributed by atoms with Gasteiger partial charge < -0.3 is 19.4 Å². The first-order valence-corrected chi connectivity index (χ1v) is 5.37. The molecule has 2 aromatic rings. The van der Waals surface area contributed by atoms with Gasteiger partial charge in [-0.15, -0.1) is 0 Å². The van der Waals surface area contributed by atoms with Gasteiger partial charge in [-0.2, -0.15) is 4.98 Å². The van der Waals surface area contributed by atoms with Crippen molar-refractivity contribution in [3.05, 3.63) is 24.4 Å². The Hall–Kier alpha value is -1.66. The van der Waals surface area contributed by atoms with Crippen molar-refractivity contribution in [3.63, 3.8) is 0 Å². The maximum Gasteiger partial charge on any atom is 0.261 e. The lowest BCUT2D eigenvalue weighted by atomic mass is 10.1. The van der Waals surface area contributed by atoms with Gasteiger partial charge in [0.1, 0.15) is 11.8 Å². The van der Waals surface area contributed by atoms with Crippen LogP contribution in [0.4, 0.5) is 0 Å². The summed E-state index contributed by atoms with van der Waals surface area (Å²) in [6.45, 7) is 4.64. The van der Waals surface area contributed by atoms with Gasteiger partial charge in [-0.3, -0.25) is 0 Å². The van der Waals surface area contributed by atoms with E-state index in [1.807, 2.05) is 6.92 Å². The van der Waals surface area contributed by atoms with Gasteiger partial charge in [-0.25, -0.2) is 0 Å². The monoisotopic (exact) mass is 237 g/mol. The highest BCUT2D eigenvalue weighted by molar-refractivity contribution is 5.49. The Balaban J connectivity index is 2.18. The van der Waals surface area contributed by atoms with Gasteiger partial charge in [-0.05, 0) is 19.9 Å². The van der Waals surface area contributed by atoms with Crippen LogP contribution in [-0.4, -0.2) is 23.4 Å². The molecular weight excluding hydrogens is 222 g/mol. The second kappa shape index (κ2) is 4.68. The number of hydrogen-bond acceptors (Lipinski definition) is 6. The van der Waals surface area contributed by atoms with E-state index < -0.39 is 5.54 Å². The van der Waals surface area contributed by atoms with Gasteiger partial charge in [-0.1, -0.05) is 5.16 Å². The number of nitrogens with two attached hydrogens (primary N) is 1. The Morgan fingerprint density at radius 1 is 1.53 bits per heavy atom. The van der Waals surface area contributed by atoms with Crippen LogP contribution in [0.25, 0.3) is 11.5 Å². The Morgan fingerprint density at radius 3 is 3.00 bits per heavy atom. The molecule has 0 radical (unpaired) electrons. The summed E-state index contributed by atoms with van der Waals surface area (Å²) in [5.41, 5.74) is 6.03. The summed E-state index contributed by atoms with van der Waals surface area (Å²) in [6.07, 6.45) is 3.08. The molecule has 6 nitrogen and oxygen atoms in total. The van der Waals surface area contributed by atoms with Crippen LogP contribution in [0.1, 0.15) is 19.7 Å². The van der Waals surface area contributed by atoms with E-state index in [2.05, 4.69) is 10.1 Å². The second-order valence-corrected chi connectivity index (χ2v) is 3.99. The Kier molecular flexibility index (Phi) is 3.26. The van der Waals surface area contributed by atoms with Crippen molar-refractivity contribution in [3.8, 4) is 11.5 Å². The number of ether oxygens (including phenoxy) is 1. The molecule has 0 saturated heterocycles. The number of furan rings is 1. The molecule has 0 fully saturated rings. The van der Waals surface area contributed by atoms with E-state index in [4.69, 9.17) is 19.4 Å². The minimum Gasteiger partial charge on any atom is -0.472 e. The van der Waals surface area contributed by atoms with Crippen LogP contribution in [0.3, 0.4) is 0 Å². The molecule has 2 aromatic heterocycles. The zero-order valence-corrected chi connectivity index (χ0v) is 9.84. The third-order valence-electron chi connectivity index (χ3n) is 2.31. The molecule has 17 heavy (non-hydrogen) atoms. The van der Waals surface area contributed by atoms with Gasteiger partial charge >= 0.3 is 0 Å². The summed E-state index contributed by atoms with van der Waals surface area (Å²) in [5.74, 6) is 0.809. The predicted molar refractivity (Wildman–Crippen MR) is 60.0 cm³/mol. The first kappa shape index (κ1) is 11.8. The van der Waals surface area contributed by atoms with Gasteiger partial charge in [0.05, 0.1) is 18.4 Å². The average molecular weight is 237 g/mol. The lowest BCUT2D eigenvalue weighted by Gasteiger charge is -2.19. The fourth-order valence-corrected chi connectivity index (χ4v) is 1.34. The third-order valence-corrected chi connectivity index (χ3v) is 2.31. The highest BCUT2D eigenvalue weighted by Crippen LogP contribution is 2.21. The SMILES string of the molecule is CCOCC(C)(N)c1noc(-c2ccoc2)n1. The standard InChI is InChI=1S/C11H15N3O3/c1-3-15-7-11(2,12)10-13-9(17-14-10)8-4-5-16-6-8/h4-6H,3,7,12H2,1-2H3. The van der Waals surface area contributed by atoms with Crippen molar-refractivity contribution in [2.24, 2.45) is 5.73 Å². The lowest BCUT2D eigenvalue weighted by molar-refractivity contribution is 0.0962. The van der Waals surface area contributed by atoms with E-state index in [1.54, 1.807) is 19.3 Å². The predicted octanol–water partition coefficient (Wildman–Crippen LogP) is 1.54. The summed E-state index contributed by atoms with van der Waals surface area (Å²) < 4.78 is 15.4. The summed E-state index contributed by atoms with van der Waals surface area (Å²) >= 11 is 0. The van der Waals surface area contributed by atoms with Crippen molar-refractivity contribution >= 4 is 0 Å². The minimum atomic E-state index is -0.762. The highest BCUT2D eigenvalue weighted by Gasteiger charge is 2.28. The molecule has 0 aromatic carbocycles. The van der Waals surface area contributed by atoms with E-state index in [0.717, 1.165) is 5.56 Å². The first-order valence-electron chi connectivity index (χ1n) is 5.37. The maximum atomic E-state index is 6.06. The smallest absolute Gasteiger partial charge is 0.261 e. The van der Waals surface area contributed by atoms with Crippen LogP contribution in [0.5, 0.6) is 0 Å². The van der Waals surface area contributed by atoms with Gasteiger partial charge in [0.2, 0.25) is 0 Å². The zero-order chi connectivity index (χ0) is 12.3. The molecule has 2 heterocycles. The molecule has 0 amide bonds. The van der Waals surface area contributed by atoms with Gasteiger partial charge in [0.25, 0.3) is 5.89 Å². The maximum absolute atomic E-state index is 6.06. The summed E-state index contributed by atoms with van der Waals surface area (Å²) in [5, 5.41) is 3.86. The van der Waals surface area contributed by atoms with Crippen molar-refractivity contribution < 1.29 is 13.7 Å². The van der Waals surface area contributed by atoms with Crippen molar-refractivity contribution in [1.82, 2.24) is 10.1 Å². The molecule has 92 valence electrons. The van der Waals surface area contributed by atoms with Crippen LogP contribution in [0.15, 0.2) is 27.5 Å². The Labute approximate surface area is 98.7 Å². The quantitative estimate of drug-likeness (QED) is 0.848. The molecule has 1 unspecified atom stereocenters. The molecule has 1 atom stereocenters. The molecule has 0 bridgehead atoms. The number of nitrogens with zero attached hydrogens (tertiary/aromatic N) is 2. The third kappa shape index (κ3) is 2.54. The molecule has 0 aliphatic heterocycles. The van der Waals surface area contributed by atoms with Gasteiger partial charge in [0, 0.05) is 6.61 Å². The van der Waals surface area contributed by atoms with E-state index in [1.165, 1.54) is 6.26 Å². The van der Waals surface area contributed by atoms with E-state index in [0.29, 0.717) is 24.9 Å². The fourth-order valence-electron chi connectivity index (χ4n) is 1.34. The normalized spacial score (nSPS) is 14.8. The molecule has 6 heteroatoms. The van der Waals surface area contributed by atoms with E-state index in [9.17, 15) is 0 Å². The number of aromatic nitrogens is 2. The highest BCUT2D eigenvalue weighted by atomic mass is 16.5. The Morgan fingerprint density at radius 2 is 2.35 bits per heavy atom. The van der Waals surface area contributed by atoms with Crippen molar-refractivity contribution in [2.45, 2.75) is 19.4 Å². The zero-order valence-electron chi connectivity index (χ0n) is 9.84. The van der Waals surface area contributed by atoms with Crippen LogP contribution >= 0.6 is 0 Å². The Bertz CT molecular complexity index is 462. The molecule has 0 spiro atoms. The van der Waals surface area contributed by atoms with Crippen molar-refractivity contribution in [2.75, 3.05) is 13.2 Å². The second-order valence-electron chi connectivity index (χ2n) is 3.99. The average Bonchev–Trinajstić information content (AvgIpc) is 2.95. The topological polar surface area (TPSA) is 87.3 Å². The minimum absolute atomic E-state index is 0.341. The number of hydrogen-bond donors (Lipinski definition) is 1. The van der Waals surface area contributed by atoms with E-state index in [-0.39, 0.29) is 0 Å². The first-order chi connectivity index (χ1) is 8.13. The molecule has 0 saturated carbocycles. The van der Waals surface area contributed by atoms with Crippen LogP contribution in [0, 0.1) is 0 Å². The van der Waals surface area contributed by atoms with Crippen LogP contribution in [-0.2, 0) is 10.3 Å². The molecule has 2 rings (SSSR count). The van der Waals surface area contributed by atoms with Gasteiger partial charge in [0.15, 0.2) is 5.82 Å². The summed E-state index contributed by atoms with van der Waals surface area (Å²) in [4.78, 5) is 4.23. The molecular formula is C11H15N3O3. The summed E-state index contributed by atoms with van der Waals surface area (Å²) in [7, 11) is 0. The molecule has 0 aliphatic rings. The largest absolute Gasteiger partial charge is 0.472 e. The van der Waals surface area contributed by atoms with Crippen LogP contribution < -0.4 is 5.73 Å².